The van der Waals surface area contributed by atoms with Gasteiger partial charge < -0.3 is 14.5 Å². The Kier molecular flexibility index (Phi) is 4.10. The molecule has 0 fully saturated rings. The molecule has 2 aromatic heterocycles. The lowest BCUT2D eigenvalue weighted by Gasteiger charge is -2.03. The molecule has 2 heterocycles. The van der Waals surface area contributed by atoms with Crippen molar-refractivity contribution in [3.05, 3.63) is 18.5 Å². The van der Waals surface area contributed by atoms with E-state index in [1.165, 1.54) is 0 Å². The summed E-state index contributed by atoms with van der Waals surface area (Å²) < 4.78 is 3.95. The van der Waals surface area contributed by atoms with Gasteiger partial charge >= 0.3 is 0 Å². The van der Waals surface area contributed by atoms with Gasteiger partial charge in [-0.2, -0.15) is 0 Å². The average Bonchev–Trinajstić information content (AvgIpc) is 2.94. The number of aromatic nitrogens is 6. The van der Waals surface area contributed by atoms with Crippen LogP contribution in [0.3, 0.4) is 0 Å². The zero-order valence-corrected chi connectivity index (χ0v) is 10.7. The SMILES string of the molecule is CNCc1nnc(SCCn2cnnc2)n1C. The Hall–Kier alpha value is -1.41. The first-order valence-electron chi connectivity index (χ1n) is 5.29. The minimum absolute atomic E-state index is 0.732. The van der Waals surface area contributed by atoms with Gasteiger partial charge in [0, 0.05) is 19.3 Å². The number of hydrogen-bond acceptors (Lipinski definition) is 6. The fourth-order valence-electron chi connectivity index (χ4n) is 1.36. The summed E-state index contributed by atoms with van der Waals surface area (Å²) in [6, 6.07) is 0. The molecule has 0 amide bonds. The highest BCUT2D eigenvalue weighted by atomic mass is 32.2. The minimum atomic E-state index is 0.732. The first kappa shape index (κ1) is 12.1. The second-order valence-corrected chi connectivity index (χ2v) is 4.60. The summed E-state index contributed by atoms with van der Waals surface area (Å²) in [5.74, 6) is 1.86. The van der Waals surface area contributed by atoms with E-state index >= 15 is 0 Å². The molecule has 92 valence electrons. The van der Waals surface area contributed by atoms with E-state index in [1.54, 1.807) is 24.4 Å². The summed E-state index contributed by atoms with van der Waals surface area (Å²) in [5.41, 5.74) is 0. The lowest BCUT2D eigenvalue weighted by Crippen LogP contribution is -2.10. The smallest absolute Gasteiger partial charge is 0.191 e. The molecule has 2 aromatic rings. The first-order chi connectivity index (χ1) is 8.31. The number of hydrogen-bond donors (Lipinski definition) is 1. The number of rotatable bonds is 6. The normalized spacial score (nSPS) is 10.9. The maximum atomic E-state index is 4.15. The van der Waals surface area contributed by atoms with E-state index in [0.29, 0.717) is 0 Å². The third kappa shape index (κ3) is 3.04. The lowest BCUT2D eigenvalue weighted by molar-refractivity contribution is 0.681. The van der Waals surface area contributed by atoms with Crippen molar-refractivity contribution in [3.8, 4) is 0 Å². The predicted molar refractivity (Wildman–Crippen MR) is 64.5 cm³/mol. The molecule has 0 atom stereocenters. The third-order valence-electron chi connectivity index (χ3n) is 2.31. The Morgan fingerprint density at radius 3 is 2.76 bits per heavy atom. The van der Waals surface area contributed by atoms with Gasteiger partial charge in [0.2, 0.25) is 0 Å². The predicted octanol–water partition coefficient (Wildman–Crippen LogP) is -0.0817. The average molecular weight is 253 g/mol. The highest BCUT2D eigenvalue weighted by Gasteiger charge is 2.07. The van der Waals surface area contributed by atoms with Gasteiger partial charge in [0.25, 0.3) is 0 Å². The molecule has 2 rings (SSSR count). The van der Waals surface area contributed by atoms with Crippen molar-refractivity contribution in [3.63, 3.8) is 0 Å². The molecule has 0 unspecified atom stereocenters. The molecule has 0 bridgehead atoms. The summed E-state index contributed by atoms with van der Waals surface area (Å²) in [7, 11) is 3.88. The summed E-state index contributed by atoms with van der Waals surface area (Å²) in [6.07, 6.45) is 3.42. The van der Waals surface area contributed by atoms with E-state index in [1.807, 2.05) is 23.2 Å². The Morgan fingerprint density at radius 1 is 1.29 bits per heavy atom. The third-order valence-corrected chi connectivity index (χ3v) is 3.31. The van der Waals surface area contributed by atoms with Gasteiger partial charge in [-0.3, -0.25) is 0 Å². The molecule has 0 radical (unpaired) electrons. The van der Waals surface area contributed by atoms with Crippen molar-refractivity contribution < 1.29 is 0 Å². The van der Waals surface area contributed by atoms with Crippen LogP contribution in [-0.2, 0) is 20.1 Å². The largest absolute Gasteiger partial charge is 0.319 e. The van der Waals surface area contributed by atoms with Crippen LogP contribution in [0, 0.1) is 0 Å². The van der Waals surface area contributed by atoms with Crippen LogP contribution in [0.1, 0.15) is 5.82 Å². The van der Waals surface area contributed by atoms with Crippen LogP contribution >= 0.6 is 11.8 Å². The van der Waals surface area contributed by atoms with Crippen LogP contribution in [0.4, 0.5) is 0 Å². The highest BCUT2D eigenvalue weighted by molar-refractivity contribution is 7.99. The van der Waals surface area contributed by atoms with Crippen LogP contribution in [0.25, 0.3) is 0 Å². The van der Waals surface area contributed by atoms with E-state index in [2.05, 4.69) is 25.7 Å². The molecule has 0 aliphatic rings. The van der Waals surface area contributed by atoms with Crippen LogP contribution in [0.15, 0.2) is 17.8 Å². The van der Waals surface area contributed by atoms with Gasteiger partial charge in [-0.05, 0) is 7.05 Å². The maximum absolute atomic E-state index is 4.15. The molecule has 7 nitrogen and oxygen atoms in total. The molecule has 1 N–H and O–H groups in total. The van der Waals surface area contributed by atoms with Crippen molar-refractivity contribution in [1.82, 2.24) is 34.8 Å². The van der Waals surface area contributed by atoms with Crippen LogP contribution in [-0.4, -0.2) is 42.3 Å². The molecule has 0 spiro atoms. The van der Waals surface area contributed by atoms with Crippen molar-refractivity contribution in [2.45, 2.75) is 18.2 Å². The number of nitrogens with zero attached hydrogens (tertiary/aromatic N) is 6. The van der Waals surface area contributed by atoms with E-state index in [-0.39, 0.29) is 0 Å². The van der Waals surface area contributed by atoms with E-state index in [0.717, 1.165) is 29.8 Å². The molecule has 8 heteroatoms. The molecule has 0 aliphatic heterocycles. The monoisotopic (exact) mass is 253 g/mol. The Labute approximate surface area is 104 Å². The van der Waals surface area contributed by atoms with Gasteiger partial charge in [-0.25, -0.2) is 0 Å². The number of nitrogens with one attached hydrogen (secondary N) is 1. The Balaban J connectivity index is 1.86. The van der Waals surface area contributed by atoms with Gasteiger partial charge in [-0.1, -0.05) is 11.8 Å². The standard InChI is InChI=1S/C9H15N7S/c1-10-5-8-13-14-9(15(8)2)17-4-3-16-6-11-12-7-16/h6-7,10H,3-5H2,1-2H3. The number of thioether (sulfide) groups is 1. The molecule has 17 heavy (non-hydrogen) atoms. The van der Waals surface area contributed by atoms with Crippen LogP contribution < -0.4 is 5.32 Å². The second kappa shape index (κ2) is 5.78. The molecule has 0 saturated heterocycles. The second-order valence-electron chi connectivity index (χ2n) is 3.54. The Bertz CT molecular complexity index is 450. The van der Waals surface area contributed by atoms with Gasteiger partial charge in [-0.15, -0.1) is 20.4 Å². The van der Waals surface area contributed by atoms with E-state index < -0.39 is 0 Å². The molecule has 0 aliphatic carbocycles. The highest BCUT2D eigenvalue weighted by Crippen LogP contribution is 2.15. The van der Waals surface area contributed by atoms with Crippen LogP contribution in [0.5, 0.6) is 0 Å². The lowest BCUT2D eigenvalue weighted by atomic mass is 10.6. The summed E-state index contributed by atoms with van der Waals surface area (Å²) in [5, 5.41) is 19.8. The van der Waals surface area contributed by atoms with E-state index in [4.69, 9.17) is 0 Å². The zero-order valence-electron chi connectivity index (χ0n) is 9.87. The van der Waals surface area contributed by atoms with Gasteiger partial charge in [0.15, 0.2) is 5.16 Å². The molecular weight excluding hydrogens is 238 g/mol. The number of aryl methyl sites for hydroxylation is 1. The van der Waals surface area contributed by atoms with Crippen molar-refractivity contribution in [1.29, 1.82) is 0 Å². The zero-order chi connectivity index (χ0) is 12.1. The van der Waals surface area contributed by atoms with Gasteiger partial charge in [0.1, 0.15) is 18.5 Å². The Morgan fingerprint density at radius 2 is 2.06 bits per heavy atom. The summed E-state index contributed by atoms with van der Waals surface area (Å²) in [6.45, 7) is 1.60. The molecule has 0 saturated carbocycles. The topological polar surface area (TPSA) is 73.5 Å². The van der Waals surface area contributed by atoms with Crippen LogP contribution in [0.2, 0.25) is 0 Å². The fraction of sp³-hybridized carbons (Fsp3) is 0.556. The van der Waals surface area contributed by atoms with E-state index in [9.17, 15) is 0 Å². The minimum Gasteiger partial charge on any atom is -0.319 e. The quantitative estimate of drug-likeness (QED) is 0.726. The molecular formula is C9H15N7S. The van der Waals surface area contributed by atoms with Crippen molar-refractivity contribution in [2.75, 3.05) is 12.8 Å². The summed E-state index contributed by atoms with van der Waals surface area (Å²) in [4.78, 5) is 0. The fourth-order valence-corrected chi connectivity index (χ4v) is 2.24. The molecule has 0 aromatic carbocycles. The van der Waals surface area contributed by atoms with Crippen molar-refractivity contribution in [2.24, 2.45) is 7.05 Å². The first-order valence-corrected chi connectivity index (χ1v) is 6.28. The summed E-state index contributed by atoms with van der Waals surface area (Å²) >= 11 is 1.68. The van der Waals surface area contributed by atoms with Crippen molar-refractivity contribution >= 4 is 11.8 Å². The van der Waals surface area contributed by atoms with Gasteiger partial charge in [0.05, 0.1) is 6.54 Å². The maximum Gasteiger partial charge on any atom is 0.191 e.